The van der Waals surface area contributed by atoms with Gasteiger partial charge in [-0.2, -0.15) is 5.10 Å². The van der Waals surface area contributed by atoms with Crippen molar-refractivity contribution in [3.05, 3.63) is 58.3 Å². The number of aliphatic carboxylic acids is 1. The zero-order valence-corrected chi connectivity index (χ0v) is 20.7. The number of aromatic amines is 1. The van der Waals surface area contributed by atoms with Gasteiger partial charge in [0.15, 0.2) is 0 Å². The summed E-state index contributed by atoms with van der Waals surface area (Å²) in [6.07, 6.45) is 3.45. The average molecular weight is 496 g/mol. The first kappa shape index (κ1) is 23.7. The number of carboxylic acids is 1. The van der Waals surface area contributed by atoms with Crippen LogP contribution in [-0.4, -0.2) is 52.4 Å². The van der Waals surface area contributed by atoms with Crippen molar-refractivity contribution in [3.8, 4) is 11.5 Å². The molecule has 1 atom stereocenters. The molecule has 2 aromatic carbocycles. The van der Waals surface area contributed by atoms with Gasteiger partial charge < -0.3 is 14.6 Å². The number of halogens is 1. The number of nitrogens with one attached hydrogen (secondary N) is 1. The van der Waals surface area contributed by atoms with E-state index < -0.39 is 5.97 Å². The van der Waals surface area contributed by atoms with Crippen LogP contribution in [0.5, 0.6) is 11.5 Å². The van der Waals surface area contributed by atoms with Gasteiger partial charge >= 0.3 is 5.97 Å². The Bertz CT molecular complexity index is 1260. The normalized spacial score (nSPS) is 17.7. The number of fused-ring (bicyclic) bond motifs is 2. The van der Waals surface area contributed by atoms with E-state index in [0.29, 0.717) is 24.6 Å². The SMILES string of the molecule is CC(C)C(Oc1ccc2c(c1)OCC(CN1CCC(C(=O)O)CC1)=C2)c1ccc2n[nH]c(Cl)c2c1. The molecule has 0 saturated carbocycles. The fraction of sp³-hybridized carbons (Fsp3) is 0.407. The largest absolute Gasteiger partial charge is 0.488 e. The van der Waals surface area contributed by atoms with Crippen molar-refractivity contribution < 1.29 is 19.4 Å². The smallest absolute Gasteiger partial charge is 0.306 e. The molecule has 5 rings (SSSR count). The minimum Gasteiger partial charge on any atom is -0.488 e. The number of ether oxygens (including phenoxy) is 2. The molecule has 2 aliphatic heterocycles. The van der Waals surface area contributed by atoms with Crippen LogP contribution < -0.4 is 9.47 Å². The number of carboxylic acid groups (broad SMARTS) is 1. The highest BCUT2D eigenvalue weighted by molar-refractivity contribution is 6.34. The van der Waals surface area contributed by atoms with E-state index in [1.54, 1.807) is 0 Å². The van der Waals surface area contributed by atoms with Gasteiger partial charge in [0.2, 0.25) is 0 Å². The minimum atomic E-state index is -0.678. The third-order valence-electron chi connectivity index (χ3n) is 6.85. The van der Waals surface area contributed by atoms with Crippen LogP contribution in [0.4, 0.5) is 0 Å². The van der Waals surface area contributed by atoms with Crippen molar-refractivity contribution in [2.45, 2.75) is 32.8 Å². The lowest BCUT2D eigenvalue weighted by Crippen LogP contribution is -2.38. The quantitative estimate of drug-likeness (QED) is 0.446. The van der Waals surface area contributed by atoms with E-state index in [0.717, 1.165) is 53.2 Å². The fourth-order valence-electron chi connectivity index (χ4n) is 4.89. The van der Waals surface area contributed by atoms with Crippen molar-refractivity contribution in [3.63, 3.8) is 0 Å². The molecule has 1 fully saturated rings. The van der Waals surface area contributed by atoms with Gasteiger partial charge in [0, 0.05) is 23.6 Å². The maximum atomic E-state index is 11.2. The van der Waals surface area contributed by atoms with Crippen molar-refractivity contribution in [2.75, 3.05) is 26.2 Å². The fourth-order valence-corrected chi connectivity index (χ4v) is 5.08. The molecule has 0 amide bonds. The van der Waals surface area contributed by atoms with Gasteiger partial charge in [0.1, 0.15) is 29.4 Å². The van der Waals surface area contributed by atoms with E-state index in [2.05, 4.69) is 35.0 Å². The van der Waals surface area contributed by atoms with Crippen molar-refractivity contribution in [1.82, 2.24) is 15.1 Å². The standard InChI is InChI=1S/C27H30ClN3O4/c1-16(2)25(20-4-6-23-22(12-20)26(28)30-29-23)35-21-5-3-19-11-17(15-34-24(19)13-21)14-31-9-7-18(8-10-31)27(32)33/h3-6,11-13,16,18,25H,7-10,14-15H2,1-2H3,(H,29,30)(H,32,33). The number of aromatic nitrogens is 2. The van der Waals surface area contributed by atoms with Crippen LogP contribution in [0, 0.1) is 11.8 Å². The molecule has 1 saturated heterocycles. The molecule has 2 N–H and O–H groups in total. The summed E-state index contributed by atoms with van der Waals surface area (Å²) in [5, 5.41) is 17.6. The first-order valence-electron chi connectivity index (χ1n) is 12.1. The molecular formula is C27H30ClN3O4. The Morgan fingerprint density at radius 1 is 1.26 bits per heavy atom. The number of nitrogens with zero attached hydrogens (tertiary/aromatic N) is 2. The summed E-state index contributed by atoms with van der Waals surface area (Å²) in [4.78, 5) is 13.5. The molecule has 3 aromatic rings. The lowest BCUT2D eigenvalue weighted by atomic mass is 9.96. The van der Waals surface area contributed by atoms with Crippen LogP contribution in [0.15, 0.2) is 42.0 Å². The molecular weight excluding hydrogens is 466 g/mol. The summed E-state index contributed by atoms with van der Waals surface area (Å²) in [5.74, 6) is 0.921. The molecule has 7 nitrogen and oxygen atoms in total. The molecule has 0 radical (unpaired) electrons. The molecule has 35 heavy (non-hydrogen) atoms. The van der Waals surface area contributed by atoms with E-state index in [-0.39, 0.29) is 17.9 Å². The van der Waals surface area contributed by atoms with Crippen molar-refractivity contribution in [1.29, 1.82) is 0 Å². The maximum Gasteiger partial charge on any atom is 0.306 e. The van der Waals surface area contributed by atoms with Gasteiger partial charge in [-0.25, -0.2) is 0 Å². The molecule has 1 aromatic heterocycles. The van der Waals surface area contributed by atoms with Crippen molar-refractivity contribution in [2.24, 2.45) is 11.8 Å². The average Bonchev–Trinajstić information content (AvgIpc) is 3.22. The Hall–Kier alpha value is -3.03. The van der Waals surface area contributed by atoms with Gasteiger partial charge in [-0.1, -0.05) is 31.5 Å². The lowest BCUT2D eigenvalue weighted by Gasteiger charge is -2.31. The predicted molar refractivity (Wildman–Crippen MR) is 136 cm³/mol. The zero-order valence-electron chi connectivity index (χ0n) is 20.0. The topological polar surface area (TPSA) is 87.7 Å². The van der Waals surface area contributed by atoms with Gasteiger partial charge in [-0.3, -0.25) is 14.8 Å². The summed E-state index contributed by atoms with van der Waals surface area (Å²) >= 11 is 6.25. The third-order valence-corrected chi connectivity index (χ3v) is 7.14. The molecule has 3 heterocycles. The molecule has 1 unspecified atom stereocenters. The van der Waals surface area contributed by atoms with Crippen molar-refractivity contribution >= 4 is 34.5 Å². The molecule has 0 bridgehead atoms. The number of carbonyl (C=O) groups is 1. The molecule has 0 spiro atoms. The highest BCUT2D eigenvalue weighted by Crippen LogP contribution is 2.36. The second-order valence-electron chi connectivity index (χ2n) is 9.78. The summed E-state index contributed by atoms with van der Waals surface area (Å²) in [5.41, 5.74) is 4.11. The third kappa shape index (κ3) is 5.16. The number of H-pyrrole nitrogens is 1. The first-order chi connectivity index (χ1) is 16.9. The second-order valence-corrected chi connectivity index (χ2v) is 10.2. The highest BCUT2D eigenvalue weighted by Gasteiger charge is 2.26. The van der Waals surface area contributed by atoms with E-state index in [1.807, 2.05) is 36.4 Å². The molecule has 184 valence electrons. The Labute approximate surface area is 209 Å². The monoisotopic (exact) mass is 495 g/mol. The van der Waals surface area contributed by atoms with Crippen LogP contribution in [0.3, 0.4) is 0 Å². The van der Waals surface area contributed by atoms with Gasteiger partial charge in [0.25, 0.3) is 0 Å². The van der Waals surface area contributed by atoms with E-state index in [9.17, 15) is 9.90 Å². The van der Waals surface area contributed by atoms with Crippen LogP contribution in [0.1, 0.15) is 43.9 Å². The van der Waals surface area contributed by atoms with Gasteiger partial charge in [0.05, 0.1) is 11.4 Å². The van der Waals surface area contributed by atoms with Crippen LogP contribution in [0.2, 0.25) is 5.15 Å². The van der Waals surface area contributed by atoms with Crippen LogP contribution in [0.25, 0.3) is 17.0 Å². The summed E-state index contributed by atoms with van der Waals surface area (Å²) in [6.45, 7) is 7.21. The van der Waals surface area contributed by atoms with E-state index in [4.69, 9.17) is 21.1 Å². The lowest BCUT2D eigenvalue weighted by molar-refractivity contribution is -0.143. The number of hydrogen-bond acceptors (Lipinski definition) is 5. The van der Waals surface area contributed by atoms with E-state index >= 15 is 0 Å². The predicted octanol–water partition coefficient (Wildman–Crippen LogP) is 5.56. The van der Waals surface area contributed by atoms with Gasteiger partial charge in [-0.05, 0) is 73.3 Å². The molecule has 0 aliphatic carbocycles. The number of piperidine rings is 1. The van der Waals surface area contributed by atoms with Crippen LogP contribution >= 0.6 is 11.6 Å². The molecule has 8 heteroatoms. The zero-order chi connectivity index (χ0) is 24.5. The summed E-state index contributed by atoms with van der Waals surface area (Å²) < 4.78 is 12.5. The Morgan fingerprint density at radius 3 is 2.80 bits per heavy atom. The number of rotatable bonds is 7. The van der Waals surface area contributed by atoms with Crippen LogP contribution in [-0.2, 0) is 4.79 Å². The number of likely N-dealkylation sites (tertiary alicyclic amines) is 1. The van der Waals surface area contributed by atoms with Gasteiger partial charge in [-0.15, -0.1) is 0 Å². The Balaban J connectivity index is 1.28. The minimum absolute atomic E-state index is 0.146. The maximum absolute atomic E-state index is 11.2. The number of benzene rings is 2. The first-order valence-corrected chi connectivity index (χ1v) is 12.5. The second kappa shape index (κ2) is 9.91. The molecule has 2 aliphatic rings. The number of hydrogen-bond donors (Lipinski definition) is 2. The summed E-state index contributed by atoms with van der Waals surface area (Å²) in [7, 11) is 0. The Kier molecular flexibility index (Phi) is 6.71. The highest BCUT2D eigenvalue weighted by atomic mass is 35.5. The Morgan fingerprint density at radius 2 is 2.06 bits per heavy atom. The van der Waals surface area contributed by atoms with E-state index in [1.165, 1.54) is 5.57 Å². The summed E-state index contributed by atoms with van der Waals surface area (Å²) in [6, 6.07) is 12.0.